The molecule has 0 aromatic carbocycles. The lowest BCUT2D eigenvalue weighted by molar-refractivity contribution is 0.379. The second-order valence-corrected chi connectivity index (χ2v) is 6.66. The Hall–Kier alpha value is -0.0600. The van der Waals surface area contributed by atoms with Crippen molar-refractivity contribution in [2.45, 2.75) is 43.5 Å². The highest BCUT2D eigenvalue weighted by Gasteiger charge is 2.19. The summed E-state index contributed by atoms with van der Waals surface area (Å²) in [6.45, 7) is 0.932. The Bertz CT molecular complexity index is 351. The normalized spacial score (nSPS) is 24.8. The second kappa shape index (κ2) is 6.76. The first kappa shape index (κ1) is 13.4. The molecule has 94 valence electrons. The van der Waals surface area contributed by atoms with Crippen LogP contribution in [0, 0.1) is 0 Å². The van der Waals surface area contributed by atoms with Gasteiger partial charge in [0.25, 0.3) is 0 Å². The first-order chi connectivity index (χ1) is 8.28. The molecule has 1 aromatic rings. The highest BCUT2D eigenvalue weighted by molar-refractivity contribution is 9.10. The molecule has 1 aliphatic carbocycles. The summed E-state index contributed by atoms with van der Waals surface area (Å²) in [5.74, 6) is 0. The fourth-order valence-electron chi connectivity index (χ4n) is 2.32. The van der Waals surface area contributed by atoms with Gasteiger partial charge in [-0.25, -0.2) is 0 Å². The third-order valence-electron chi connectivity index (χ3n) is 3.36. The number of thioether (sulfide) groups is 1. The van der Waals surface area contributed by atoms with Gasteiger partial charge in [-0.05, 0) is 59.5 Å². The Kier molecular flexibility index (Phi) is 5.32. The Balaban J connectivity index is 1.76. The zero-order valence-corrected chi connectivity index (χ0v) is 12.6. The Labute approximate surface area is 116 Å². The summed E-state index contributed by atoms with van der Waals surface area (Å²) < 4.78 is 1.06. The van der Waals surface area contributed by atoms with E-state index < -0.39 is 0 Å². The Morgan fingerprint density at radius 2 is 2.12 bits per heavy atom. The fourth-order valence-corrected chi connectivity index (χ4v) is 3.47. The van der Waals surface area contributed by atoms with Gasteiger partial charge in [0.15, 0.2) is 0 Å². The predicted molar refractivity (Wildman–Crippen MR) is 78.3 cm³/mol. The maximum atomic E-state index is 4.18. The number of rotatable bonds is 4. The van der Waals surface area contributed by atoms with E-state index in [0.717, 1.165) is 16.3 Å². The quantitative estimate of drug-likeness (QED) is 0.919. The molecule has 1 aromatic heterocycles. The summed E-state index contributed by atoms with van der Waals surface area (Å²) >= 11 is 5.47. The highest BCUT2D eigenvalue weighted by Crippen LogP contribution is 2.26. The molecule has 0 bridgehead atoms. The van der Waals surface area contributed by atoms with E-state index >= 15 is 0 Å². The summed E-state index contributed by atoms with van der Waals surface area (Å²) in [5, 5.41) is 4.53. The highest BCUT2D eigenvalue weighted by atomic mass is 79.9. The van der Waals surface area contributed by atoms with E-state index in [9.17, 15) is 0 Å². The van der Waals surface area contributed by atoms with E-state index in [4.69, 9.17) is 0 Å². The Morgan fingerprint density at radius 3 is 2.76 bits per heavy atom. The number of pyridine rings is 1. The maximum absolute atomic E-state index is 4.18. The Morgan fingerprint density at radius 1 is 1.35 bits per heavy atom. The van der Waals surface area contributed by atoms with E-state index in [1.165, 1.54) is 31.2 Å². The van der Waals surface area contributed by atoms with Gasteiger partial charge in [-0.1, -0.05) is 0 Å². The van der Waals surface area contributed by atoms with E-state index in [1.807, 2.05) is 24.2 Å². The van der Waals surface area contributed by atoms with Crippen molar-refractivity contribution in [2.24, 2.45) is 0 Å². The van der Waals surface area contributed by atoms with Crippen LogP contribution in [0.4, 0.5) is 0 Å². The molecule has 1 N–H and O–H groups in total. The monoisotopic (exact) mass is 314 g/mol. The van der Waals surface area contributed by atoms with Crippen molar-refractivity contribution in [1.82, 2.24) is 10.3 Å². The zero-order chi connectivity index (χ0) is 12.1. The van der Waals surface area contributed by atoms with Gasteiger partial charge in [-0.2, -0.15) is 11.8 Å². The first-order valence-electron chi connectivity index (χ1n) is 6.13. The van der Waals surface area contributed by atoms with Crippen molar-refractivity contribution in [1.29, 1.82) is 0 Å². The third-order valence-corrected chi connectivity index (χ3v) is 4.94. The van der Waals surface area contributed by atoms with Crippen LogP contribution in [0.25, 0.3) is 0 Å². The smallest absolute Gasteiger partial charge is 0.0410 e. The van der Waals surface area contributed by atoms with E-state index in [1.54, 1.807) is 0 Å². The van der Waals surface area contributed by atoms with E-state index in [-0.39, 0.29) is 0 Å². The average molecular weight is 315 g/mol. The lowest BCUT2D eigenvalue weighted by Gasteiger charge is -2.28. The van der Waals surface area contributed by atoms with Gasteiger partial charge in [0.1, 0.15) is 0 Å². The number of nitrogens with one attached hydrogen (secondary N) is 1. The van der Waals surface area contributed by atoms with Gasteiger partial charge in [0.2, 0.25) is 0 Å². The fraction of sp³-hybridized carbons (Fsp3) is 0.615. The molecule has 0 radical (unpaired) electrons. The van der Waals surface area contributed by atoms with Crippen molar-refractivity contribution in [2.75, 3.05) is 6.26 Å². The molecule has 0 amide bonds. The SMILES string of the molecule is CSC1CCC(NCc2cncc(Br)c2)CC1. The molecule has 2 rings (SSSR count). The topological polar surface area (TPSA) is 24.9 Å². The number of nitrogens with zero attached hydrogens (tertiary/aromatic N) is 1. The minimum Gasteiger partial charge on any atom is -0.310 e. The third kappa shape index (κ3) is 4.27. The average Bonchev–Trinajstić information content (AvgIpc) is 2.37. The van der Waals surface area contributed by atoms with Crippen LogP contribution in [0.5, 0.6) is 0 Å². The molecular weight excluding hydrogens is 296 g/mol. The summed E-state index contributed by atoms with van der Waals surface area (Å²) in [6.07, 6.45) is 11.3. The summed E-state index contributed by atoms with van der Waals surface area (Å²) in [5.41, 5.74) is 1.26. The van der Waals surface area contributed by atoms with Gasteiger partial charge < -0.3 is 5.32 Å². The molecule has 0 aliphatic heterocycles. The minimum atomic E-state index is 0.692. The van der Waals surface area contributed by atoms with Crippen molar-refractivity contribution < 1.29 is 0 Å². The van der Waals surface area contributed by atoms with Crippen LogP contribution in [0.2, 0.25) is 0 Å². The molecule has 0 spiro atoms. The van der Waals surface area contributed by atoms with Crippen LogP contribution in [0.1, 0.15) is 31.2 Å². The molecular formula is C13H19BrN2S. The number of hydrogen-bond acceptors (Lipinski definition) is 3. The molecule has 1 aliphatic rings. The molecule has 0 saturated heterocycles. The number of aromatic nitrogens is 1. The van der Waals surface area contributed by atoms with Crippen molar-refractivity contribution in [3.05, 3.63) is 28.5 Å². The van der Waals surface area contributed by atoms with Gasteiger partial charge in [-0.3, -0.25) is 4.98 Å². The first-order valence-corrected chi connectivity index (χ1v) is 8.21. The lowest BCUT2D eigenvalue weighted by atomic mass is 9.95. The van der Waals surface area contributed by atoms with Gasteiger partial charge in [-0.15, -0.1) is 0 Å². The summed E-state index contributed by atoms with van der Waals surface area (Å²) in [6, 6.07) is 2.82. The standard InChI is InChI=1S/C13H19BrN2S/c1-17-13-4-2-12(3-5-13)16-8-10-6-11(14)9-15-7-10/h6-7,9,12-13,16H,2-5,8H2,1H3. The van der Waals surface area contributed by atoms with Gasteiger partial charge in [0.05, 0.1) is 0 Å². The molecule has 0 unspecified atom stereocenters. The minimum absolute atomic E-state index is 0.692. The van der Waals surface area contributed by atoms with E-state index in [2.05, 4.69) is 38.6 Å². The van der Waals surface area contributed by atoms with Crippen LogP contribution in [0.15, 0.2) is 22.9 Å². The maximum Gasteiger partial charge on any atom is 0.0410 e. The van der Waals surface area contributed by atoms with Crippen LogP contribution in [-0.2, 0) is 6.54 Å². The number of halogens is 1. The van der Waals surface area contributed by atoms with Crippen LogP contribution in [0.3, 0.4) is 0 Å². The zero-order valence-electron chi connectivity index (χ0n) is 10.2. The molecule has 2 nitrogen and oxygen atoms in total. The number of hydrogen-bond donors (Lipinski definition) is 1. The summed E-state index contributed by atoms with van der Waals surface area (Å²) in [7, 11) is 0. The van der Waals surface area contributed by atoms with Crippen molar-refractivity contribution >= 4 is 27.7 Å². The van der Waals surface area contributed by atoms with Crippen molar-refractivity contribution in [3.63, 3.8) is 0 Å². The van der Waals surface area contributed by atoms with Crippen LogP contribution in [-0.4, -0.2) is 22.5 Å². The van der Waals surface area contributed by atoms with Crippen molar-refractivity contribution in [3.8, 4) is 0 Å². The largest absolute Gasteiger partial charge is 0.310 e. The lowest BCUT2D eigenvalue weighted by Crippen LogP contribution is -2.33. The molecule has 1 saturated carbocycles. The van der Waals surface area contributed by atoms with Crippen LogP contribution < -0.4 is 5.32 Å². The van der Waals surface area contributed by atoms with Gasteiger partial charge in [0, 0.05) is 34.7 Å². The molecule has 1 fully saturated rings. The molecule has 1 heterocycles. The van der Waals surface area contributed by atoms with Gasteiger partial charge >= 0.3 is 0 Å². The summed E-state index contributed by atoms with van der Waals surface area (Å²) in [4.78, 5) is 4.18. The van der Waals surface area contributed by atoms with Crippen LogP contribution >= 0.6 is 27.7 Å². The molecule has 17 heavy (non-hydrogen) atoms. The predicted octanol–water partition coefficient (Wildman–Crippen LogP) is 3.61. The molecule has 0 atom stereocenters. The molecule has 4 heteroatoms. The van der Waals surface area contributed by atoms with E-state index in [0.29, 0.717) is 6.04 Å². The second-order valence-electron chi connectivity index (χ2n) is 4.60.